The Labute approximate surface area is 164 Å². The molecule has 29 heavy (non-hydrogen) atoms. The fraction of sp³-hybridized carbons (Fsp3) is 0.158. The van der Waals surface area contributed by atoms with Gasteiger partial charge in [0, 0.05) is 5.56 Å². The highest BCUT2D eigenvalue weighted by Crippen LogP contribution is 2.35. The minimum atomic E-state index is 0.173. The third kappa shape index (κ3) is 3.00. The van der Waals surface area contributed by atoms with Crippen molar-refractivity contribution in [1.82, 2.24) is 25.1 Å². The third-order valence-corrected chi connectivity index (χ3v) is 4.36. The predicted molar refractivity (Wildman–Crippen MR) is 102 cm³/mol. The van der Waals surface area contributed by atoms with Gasteiger partial charge in [-0.15, -0.1) is 5.10 Å². The minimum absolute atomic E-state index is 0.173. The van der Waals surface area contributed by atoms with Crippen LogP contribution in [0.1, 0.15) is 6.92 Å². The zero-order valence-electron chi connectivity index (χ0n) is 15.4. The first-order valence-corrected chi connectivity index (χ1v) is 8.91. The Morgan fingerprint density at radius 3 is 2.76 bits per heavy atom. The highest BCUT2D eigenvalue weighted by Gasteiger charge is 2.21. The van der Waals surface area contributed by atoms with Crippen LogP contribution in [0, 0.1) is 0 Å². The van der Waals surface area contributed by atoms with Crippen molar-refractivity contribution in [1.29, 1.82) is 0 Å². The van der Waals surface area contributed by atoms with Gasteiger partial charge in [-0.1, -0.05) is 10.4 Å². The molecule has 146 valence electrons. The molecule has 5 rings (SSSR count). The molecule has 0 saturated carbocycles. The van der Waals surface area contributed by atoms with Gasteiger partial charge in [-0.25, -0.2) is 0 Å². The van der Waals surface area contributed by atoms with Gasteiger partial charge in [-0.2, -0.15) is 9.67 Å². The number of benzene rings is 2. The van der Waals surface area contributed by atoms with Crippen LogP contribution in [0.15, 0.2) is 47.0 Å². The van der Waals surface area contributed by atoms with Crippen LogP contribution in [-0.2, 0) is 0 Å². The second-order valence-corrected chi connectivity index (χ2v) is 6.15. The lowest BCUT2D eigenvalue weighted by molar-refractivity contribution is 0.174. The van der Waals surface area contributed by atoms with Crippen LogP contribution < -0.4 is 19.9 Å². The largest absolute Gasteiger partial charge is 0.494 e. The van der Waals surface area contributed by atoms with Crippen LogP contribution in [0.4, 0.5) is 5.82 Å². The maximum Gasteiger partial charge on any atom is 0.282 e. The van der Waals surface area contributed by atoms with Crippen molar-refractivity contribution in [2.75, 3.05) is 19.1 Å². The number of nitrogens with zero attached hydrogens (tertiary/aromatic N) is 5. The van der Waals surface area contributed by atoms with Crippen LogP contribution in [0.3, 0.4) is 0 Å². The zero-order chi connectivity index (χ0) is 19.8. The monoisotopic (exact) mass is 392 g/mol. The van der Waals surface area contributed by atoms with Gasteiger partial charge in [0.1, 0.15) is 5.75 Å². The van der Waals surface area contributed by atoms with Crippen LogP contribution in [-0.4, -0.2) is 38.5 Å². The standard InChI is InChI=1S/C19H16N6O4/c1-2-26-13-6-4-12(5-7-13)25-17(20)16(22-24-25)19-21-18(23-29-19)11-3-8-14-15(9-11)28-10-27-14/h3-9H,2,10,20H2,1H3. The van der Waals surface area contributed by atoms with Gasteiger partial charge in [-0.05, 0) is 49.4 Å². The molecule has 0 bridgehead atoms. The van der Waals surface area contributed by atoms with Crippen molar-refractivity contribution in [3.63, 3.8) is 0 Å². The first-order valence-electron chi connectivity index (χ1n) is 8.91. The smallest absolute Gasteiger partial charge is 0.282 e. The Hall–Kier alpha value is -4.08. The topological polar surface area (TPSA) is 123 Å². The first-order chi connectivity index (χ1) is 14.2. The summed E-state index contributed by atoms with van der Waals surface area (Å²) in [5.41, 5.74) is 7.99. The maximum atomic E-state index is 6.23. The summed E-state index contributed by atoms with van der Waals surface area (Å²) in [7, 11) is 0. The van der Waals surface area contributed by atoms with Crippen LogP contribution >= 0.6 is 0 Å². The highest BCUT2D eigenvalue weighted by molar-refractivity contribution is 5.67. The van der Waals surface area contributed by atoms with E-state index in [2.05, 4.69) is 20.5 Å². The second-order valence-electron chi connectivity index (χ2n) is 6.15. The minimum Gasteiger partial charge on any atom is -0.494 e. The molecule has 0 atom stereocenters. The average molecular weight is 392 g/mol. The highest BCUT2D eigenvalue weighted by atomic mass is 16.7. The number of rotatable bonds is 5. The summed E-state index contributed by atoms with van der Waals surface area (Å²) in [6.45, 7) is 2.72. The lowest BCUT2D eigenvalue weighted by atomic mass is 10.2. The molecule has 2 aromatic heterocycles. The van der Waals surface area contributed by atoms with E-state index >= 15 is 0 Å². The average Bonchev–Trinajstić information content (AvgIpc) is 3.47. The van der Waals surface area contributed by atoms with E-state index in [0.29, 0.717) is 29.6 Å². The normalized spacial score (nSPS) is 12.3. The molecule has 2 aromatic carbocycles. The Kier molecular flexibility index (Phi) is 4.01. The fourth-order valence-electron chi connectivity index (χ4n) is 2.95. The van der Waals surface area contributed by atoms with E-state index in [0.717, 1.165) is 17.0 Å². The van der Waals surface area contributed by atoms with E-state index in [1.165, 1.54) is 4.68 Å². The number of aromatic nitrogens is 5. The molecule has 3 heterocycles. The number of anilines is 1. The van der Waals surface area contributed by atoms with Gasteiger partial charge in [0.25, 0.3) is 5.89 Å². The van der Waals surface area contributed by atoms with Gasteiger partial charge in [0.2, 0.25) is 12.6 Å². The van der Waals surface area contributed by atoms with Crippen LogP contribution in [0.2, 0.25) is 0 Å². The molecule has 2 N–H and O–H groups in total. The van der Waals surface area contributed by atoms with Gasteiger partial charge < -0.3 is 24.5 Å². The third-order valence-electron chi connectivity index (χ3n) is 4.36. The summed E-state index contributed by atoms with van der Waals surface area (Å²) in [5, 5.41) is 12.2. The first kappa shape index (κ1) is 17.0. The van der Waals surface area contributed by atoms with E-state index in [-0.39, 0.29) is 18.5 Å². The van der Waals surface area contributed by atoms with Gasteiger partial charge >= 0.3 is 0 Å². The molecule has 4 aromatic rings. The zero-order valence-corrected chi connectivity index (χ0v) is 15.4. The molecule has 0 fully saturated rings. The quantitative estimate of drug-likeness (QED) is 0.546. The number of fused-ring (bicyclic) bond motifs is 1. The number of nitrogens with two attached hydrogens (primary N) is 1. The molecule has 1 aliphatic heterocycles. The van der Waals surface area contributed by atoms with Crippen LogP contribution in [0.5, 0.6) is 17.2 Å². The summed E-state index contributed by atoms with van der Waals surface area (Å²) >= 11 is 0. The van der Waals surface area contributed by atoms with Gasteiger partial charge in [-0.3, -0.25) is 0 Å². The molecule has 0 spiro atoms. The molecular weight excluding hydrogens is 376 g/mol. The lowest BCUT2D eigenvalue weighted by Gasteiger charge is -2.05. The lowest BCUT2D eigenvalue weighted by Crippen LogP contribution is -2.02. The molecule has 0 unspecified atom stereocenters. The molecule has 0 radical (unpaired) electrons. The molecule has 0 aliphatic carbocycles. The van der Waals surface area contributed by atoms with Gasteiger partial charge in [0.05, 0.1) is 12.3 Å². The van der Waals surface area contributed by atoms with Crippen molar-refractivity contribution in [2.45, 2.75) is 6.92 Å². The summed E-state index contributed by atoms with van der Waals surface area (Å²) in [4.78, 5) is 4.39. The molecule has 1 aliphatic rings. The molecule has 10 nitrogen and oxygen atoms in total. The van der Waals surface area contributed by atoms with E-state index in [1.54, 1.807) is 12.1 Å². The molecule has 0 saturated heterocycles. The Balaban J connectivity index is 1.44. The fourth-order valence-corrected chi connectivity index (χ4v) is 2.95. The summed E-state index contributed by atoms with van der Waals surface area (Å²) < 4.78 is 23.0. The van der Waals surface area contributed by atoms with E-state index in [9.17, 15) is 0 Å². The SMILES string of the molecule is CCOc1ccc(-n2nnc(-c3nc(-c4ccc5c(c4)OCO5)no3)c2N)cc1. The second kappa shape index (κ2) is 6.82. The van der Waals surface area contributed by atoms with Crippen molar-refractivity contribution in [3.05, 3.63) is 42.5 Å². The molecule has 0 amide bonds. The van der Waals surface area contributed by atoms with E-state index in [1.807, 2.05) is 37.3 Å². The van der Waals surface area contributed by atoms with Crippen molar-refractivity contribution in [3.8, 4) is 45.9 Å². The molecule has 10 heteroatoms. The maximum absolute atomic E-state index is 6.23. The van der Waals surface area contributed by atoms with E-state index < -0.39 is 0 Å². The van der Waals surface area contributed by atoms with Crippen molar-refractivity contribution >= 4 is 5.82 Å². The Morgan fingerprint density at radius 2 is 1.93 bits per heavy atom. The number of nitrogen functional groups attached to an aromatic ring is 1. The predicted octanol–water partition coefficient (Wildman–Crippen LogP) is 2.69. The van der Waals surface area contributed by atoms with Crippen LogP contribution in [0.25, 0.3) is 28.7 Å². The summed E-state index contributed by atoms with van der Waals surface area (Å²) in [6, 6.07) is 12.8. The summed E-state index contributed by atoms with van der Waals surface area (Å²) in [5.74, 6) is 2.92. The number of hydrogen-bond acceptors (Lipinski definition) is 9. The summed E-state index contributed by atoms with van der Waals surface area (Å²) in [6.07, 6.45) is 0. The molecular formula is C19H16N6O4. The Morgan fingerprint density at radius 1 is 1.10 bits per heavy atom. The van der Waals surface area contributed by atoms with Crippen molar-refractivity contribution in [2.24, 2.45) is 0 Å². The number of hydrogen-bond donors (Lipinski definition) is 1. The van der Waals surface area contributed by atoms with E-state index in [4.69, 9.17) is 24.5 Å². The van der Waals surface area contributed by atoms with Crippen molar-refractivity contribution < 1.29 is 18.7 Å². The number of ether oxygens (including phenoxy) is 3. The van der Waals surface area contributed by atoms with Gasteiger partial charge in [0.15, 0.2) is 23.0 Å². The Bertz CT molecular complexity index is 1170.